The first-order valence-electron chi connectivity index (χ1n) is 7.04. The lowest BCUT2D eigenvalue weighted by molar-refractivity contribution is -0.131. The van der Waals surface area contributed by atoms with E-state index in [2.05, 4.69) is 5.32 Å². The molecule has 3 N–H and O–H groups in total. The Balaban J connectivity index is 1.83. The summed E-state index contributed by atoms with van der Waals surface area (Å²) in [4.78, 5) is 12.1. The Morgan fingerprint density at radius 2 is 2.00 bits per heavy atom. The summed E-state index contributed by atoms with van der Waals surface area (Å²) in [5, 5.41) is 3.07. The van der Waals surface area contributed by atoms with Crippen LogP contribution in [0.3, 0.4) is 0 Å². The lowest BCUT2D eigenvalue weighted by Crippen LogP contribution is -2.37. The van der Waals surface area contributed by atoms with Crippen LogP contribution < -0.4 is 11.1 Å². The molecule has 0 spiro atoms. The number of rotatable bonds is 6. The van der Waals surface area contributed by atoms with Gasteiger partial charge in [-0.05, 0) is 37.1 Å². The molecule has 0 unspecified atom stereocenters. The van der Waals surface area contributed by atoms with Gasteiger partial charge < -0.3 is 15.8 Å². The van der Waals surface area contributed by atoms with Crippen LogP contribution in [0.5, 0.6) is 0 Å². The third kappa shape index (κ3) is 4.42. The van der Waals surface area contributed by atoms with Crippen molar-refractivity contribution in [1.82, 2.24) is 5.32 Å². The van der Waals surface area contributed by atoms with Crippen molar-refractivity contribution in [3.05, 3.63) is 29.3 Å². The standard InChI is InChI=1S/C14H19ClN2O4S/c15-10-1-4-12(5-2-10)22(19,20)8-7-17-14(18)13-6-3-11(9-16)21-13/h1-2,4-5,11,13H,3,6-9,16H2,(H,17,18)/t11-,13+/m1/s1. The molecule has 1 aromatic carbocycles. The summed E-state index contributed by atoms with van der Waals surface area (Å²) >= 11 is 5.73. The second-order valence-electron chi connectivity index (χ2n) is 5.12. The number of halogens is 1. The molecule has 6 nitrogen and oxygen atoms in total. The van der Waals surface area contributed by atoms with E-state index in [1.54, 1.807) is 0 Å². The number of amides is 1. The summed E-state index contributed by atoms with van der Waals surface area (Å²) in [6, 6.07) is 5.94. The summed E-state index contributed by atoms with van der Waals surface area (Å²) in [5.74, 6) is -0.463. The number of ether oxygens (including phenoxy) is 1. The highest BCUT2D eigenvalue weighted by molar-refractivity contribution is 7.91. The number of nitrogens with two attached hydrogens (primary N) is 1. The number of carbonyl (C=O) groups is 1. The molecule has 1 aromatic rings. The molecule has 1 amide bonds. The van der Waals surface area contributed by atoms with Gasteiger partial charge in [0, 0.05) is 18.1 Å². The van der Waals surface area contributed by atoms with Crippen LogP contribution in [0.1, 0.15) is 12.8 Å². The molecule has 0 aromatic heterocycles. The van der Waals surface area contributed by atoms with Crippen molar-refractivity contribution in [3.8, 4) is 0 Å². The normalized spacial score (nSPS) is 21.7. The molecule has 0 radical (unpaired) electrons. The van der Waals surface area contributed by atoms with Crippen LogP contribution >= 0.6 is 11.6 Å². The first kappa shape index (κ1) is 17.2. The van der Waals surface area contributed by atoms with E-state index in [0.717, 1.165) is 6.42 Å². The Hall–Kier alpha value is -1.15. The molecule has 1 saturated heterocycles. The number of benzene rings is 1. The molecule has 1 aliphatic rings. The lowest BCUT2D eigenvalue weighted by atomic mass is 10.2. The van der Waals surface area contributed by atoms with Crippen LogP contribution in [0.4, 0.5) is 0 Å². The van der Waals surface area contributed by atoms with E-state index in [1.165, 1.54) is 24.3 Å². The third-order valence-corrected chi connectivity index (χ3v) is 5.49. The largest absolute Gasteiger partial charge is 0.364 e. The molecule has 1 fully saturated rings. The smallest absolute Gasteiger partial charge is 0.249 e. The van der Waals surface area contributed by atoms with E-state index in [0.29, 0.717) is 18.0 Å². The molecule has 0 bridgehead atoms. The molecule has 8 heteroatoms. The van der Waals surface area contributed by atoms with Crippen molar-refractivity contribution < 1.29 is 17.9 Å². The van der Waals surface area contributed by atoms with Crippen LogP contribution in [-0.2, 0) is 19.4 Å². The van der Waals surface area contributed by atoms with Crippen LogP contribution in [0.2, 0.25) is 5.02 Å². The van der Waals surface area contributed by atoms with Crippen LogP contribution in [0.25, 0.3) is 0 Å². The highest BCUT2D eigenvalue weighted by Gasteiger charge is 2.29. The van der Waals surface area contributed by atoms with E-state index in [-0.39, 0.29) is 29.2 Å². The van der Waals surface area contributed by atoms with Crippen molar-refractivity contribution in [2.45, 2.75) is 29.9 Å². The molecule has 122 valence electrons. The zero-order valence-corrected chi connectivity index (χ0v) is 13.6. The van der Waals surface area contributed by atoms with Gasteiger partial charge in [-0.15, -0.1) is 0 Å². The summed E-state index contributed by atoms with van der Waals surface area (Å²) in [7, 11) is -3.45. The predicted octanol–water partition coefficient (Wildman–Crippen LogP) is 0.736. The molecular weight excluding hydrogens is 328 g/mol. The summed E-state index contributed by atoms with van der Waals surface area (Å²) in [6.07, 6.45) is 0.732. The molecule has 2 atom stereocenters. The van der Waals surface area contributed by atoms with Gasteiger partial charge in [-0.25, -0.2) is 8.42 Å². The summed E-state index contributed by atoms with van der Waals surface area (Å²) in [5.41, 5.74) is 5.48. The van der Waals surface area contributed by atoms with Crippen molar-refractivity contribution in [1.29, 1.82) is 0 Å². The van der Waals surface area contributed by atoms with Gasteiger partial charge >= 0.3 is 0 Å². The second kappa shape index (κ2) is 7.41. The van der Waals surface area contributed by atoms with Gasteiger partial charge in [0.15, 0.2) is 9.84 Å². The maximum atomic E-state index is 12.1. The van der Waals surface area contributed by atoms with Crippen LogP contribution in [-0.4, -0.2) is 45.4 Å². The molecule has 1 aliphatic heterocycles. The van der Waals surface area contributed by atoms with Gasteiger partial charge in [-0.1, -0.05) is 11.6 Å². The monoisotopic (exact) mass is 346 g/mol. The minimum atomic E-state index is -3.45. The van der Waals surface area contributed by atoms with E-state index < -0.39 is 15.9 Å². The molecule has 22 heavy (non-hydrogen) atoms. The molecule has 2 rings (SSSR count). The number of hydrogen-bond donors (Lipinski definition) is 2. The van der Waals surface area contributed by atoms with Crippen molar-refractivity contribution in [3.63, 3.8) is 0 Å². The summed E-state index contributed by atoms with van der Waals surface area (Å²) < 4.78 is 29.7. The van der Waals surface area contributed by atoms with E-state index in [4.69, 9.17) is 22.1 Å². The fraction of sp³-hybridized carbons (Fsp3) is 0.500. The Morgan fingerprint density at radius 1 is 1.32 bits per heavy atom. The average molecular weight is 347 g/mol. The fourth-order valence-corrected chi connectivity index (χ4v) is 3.54. The number of hydrogen-bond acceptors (Lipinski definition) is 5. The quantitative estimate of drug-likeness (QED) is 0.791. The van der Waals surface area contributed by atoms with E-state index >= 15 is 0 Å². The zero-order chi connectivity index (χ0) is 16.2. The molecule has 1 heterocycles. The van der Waals surface area contributed by atoms with Gasteiger partial charge in [0.1, 0.15) is 6.10 Å². The van der Waals surface area contributed by atoms with E-state index in [1.807, 2.05) is 0 Å². The van der Waals surface area contributed by atoms with Gasteiger partial charge in [-0.2, -0.15) is 0 Å². The Labute approximate surface area is 134 Å². The molecule has 0 aliphatic carbocycles. The average Bonchev–Trinajstić information content (AvgIpc) is 2.96. The number of sulfone groups is 1. The minimum absolute atomic E-state index is 0.0386. The fourth-order valence-electron chi connectivity index (χ4n) is 2.25. The maximum absolute atomic E-state index is 12.1. The predicted molar refractivity (Wildman–Crippen MR) is 83.5 cm³/mol. The highest BCUT2D eigenvalue weighted by atomic mass is 35.5. The first-order chi connectivity index (χ1) is 10.4. The van der Waals surface area contributed by atoms with E-state index in [9.17, 15) is 13.2 Å². The lowest BCUT2D eigenvalue weighted by Gasteiger charge is -2.12. The first-order valence-corrected chi connectivity index (χ1v) is 9.07. The third-order valence-electron chi connectivity index (χ3n) is 3.51. The van der Waals surface area contributed by atoms with Gasteiger partial charge in [0.25, 0.3) is 0 Å². The Kier molecular flexibility index (Phi) is 5.80. The van der Waals surface area contributed by atoms with Crippen molar-refractivity contribution in [2.75, 3.05) is 18.8 Å². The number of carbonyl (C=O) groups excluding carboxylic acids is 1. The minimum Gasteiger partial charge on any atom is -0.364 e. The van der Waals surface area contributed by atoms with Gasteiger partial charge in [-0.3, -0.25) is 4.79 Å². The van der Waals surface area contributed by atoms with Gasteiger partial charge in [0.2, 0.25) is 5.91 Å². The topological polar surface area (TPSA) is 98.5 Å². The summed E-state index contributed by atoms with van der Waals surface area (Å²) in [6.45, 7) is 0.422. The number of nitrogens with one attached hydrogen (secondary N) is 1. The van der Waals surface area contributed by atoms with Crippen LogP contribution in [0.15, 0.2) is 29.2 Å². The molecular formula is C14H19ClN2O4S. The zero-order valence-electron chi connectivity index (χ0n) is 12.0. The Morgan fingerprint density at radius 3 is 2.59 bits per heavy atom. The Bertz CT molecular complexity index is 618. The maximum Gasteiger partial charge on any atom is 0.249 e. The highest BCUT2D eigenvalue weighted by Crippen LogP contribution is 2.19. The SMILES string of the molecule is NC[C@H]1CC[C@@H](C(=O)NCCS(=O)(=O)c2ccc(Cl)cc2)O1. The van der Waals surface area contributed by atoms with Crippen molar-refractivity contribution >= 4 is 27.3 Å². The molecule has 0 saturated carbocycles. The second-order valence-corrected chi connectivity index (χ2v) is 7.67. The van der Waals surface area contributed by atoms with Crippen LogP contribution in [0, 0.1) is 0 Å². The van der Waals surface area contributed by atoms with Crippen molar-refractivity contribution in [2.24, 2.45) is 5.73 Å². The van der Waals surface area contributed by atoms with Gasteiger partial charge in [0.05, 0.1) is 16.8 Å².